The molecular weight excluding hydrogens is 286 g/mol. The van der Waals surface area contributed by atoms with Crippen LogP contribution in [0.25, 0.3) is 0 Å². The highest BCUT2D eigenvalue weighted by Gasteiger charge is 2.72. The van der Waals surface area contributed by atoms with Crippen molar-refractivity contribution in [1.29, 1.82) is 0 Å². The lowest BCUT2D eigenvalue weighted by atomic mass is 9.64. The van der Waals surface area contributed by atoms with Crippen LogP contribution in [0, 0.1) is 16.2 Å². The van der Waals surface area contributed by atoms with Gasteiger partial charge in [0.2, 0.25) is 5.91 Å². The van der Waals surface area contributed by atoms with Crippen LogP contribution in [-0.2, 0) is 9.59 Å². The maximum atomic E-state index is 12.9. The normalized spacial score (nSPS) is 33.2. The standard InChI is InChI=1S/C17H20ClNO2/c1-15(2)16(3)8-9-17(15,10-13(16)20)14(21)19-12-7-5-4-6-11(12)18/h4-7H,8-10H2,1-3H3,(H,19,21). The van der Waals surface area contributed by atoms with Gasteiger partial charge >= 0.3 is 0 Å². The van der Waals surface area contributed by atoms with Gasteiger partial charge in [-0.3, -0.25) is 9.59 Å². The van der Waals surface area contributed by atoms with Crippen molar-refractivity contribution >= 4 is 29.0 Å². The first-order chi connectivity index (χ1) is 9.74. The third-order valence-electron chi connectivity index (χ3n) is 6.26. The molecule has 112 valence electrons. The molecule has 1 aromatic rings. The summed E-state index contributed by atoms with van der Waals surface area (Å²) in [4.78, 5) is 25.3. The van der Waals surface area contributed by atoms with Gasteiger partial charge in [0.1, 0.15) is 5.78 Å². The van der Waals surface area contributed by atoms with E-state index in [2.05, 4.69) is 19.2 Å². The summed E-state index contributed by atoms with van der Waals surface area (Å²) in [5.74, 6) is 0.142. The molecule has 2 saturated carbocycles. The van der Waals surface area contributed by atoms with Crippen molar-refractivity contribution in [2.45, 2.75) is 40.0 Å². The molecule has 1 amide bonds. The topological polar surface area (TPSA) is 46.2 Å². The van der Waals surface area contributed by atoms with E-state index in [0.29, 0.717) is 17.1 Å². The Morgan fingerprint density at radius 1 is 1.19 bits per heavy atom. The Morgan fingerprint density at radius 3 is 2.38 bits per heavy atom. The molecule has 2 bridgehead atoms. The van der Waals surface area contributed by atoms with Gasteiger partial charge in [-0.15, -0.1) is 0 Å². The van der Waals surface area contributed by atoms with Crippen LogP contribution >= 0.6 is 11.6 Å². The number of nitrogens with one attached hydrogen (secondary N) is 1. The van der Waals surface area contributed by atoms with Gasteiger partial charge in [-0.1, -0.05) is 44.5 Å². The minimum atomic E-state index is -0.613. The van der Waals surface area contributed by atoms with Gasteiger partial charge in [-0.05, 0) is 30.4 Å². The molecular formula is C17H20ClNO2. The largest absolute Gasteiger partial charge is 0.324 e. The molecule has 2 aliphatic rings. The van der Waals surface area contributed by atoms with Crippen molar-refractivity contribution in [3.05, 3.63) is 29.3 Å². The molecule has 0 saturated heterocycles. The number of hydrogen-bond acceptors (Lipinski definition) is 2. The molecule has 0 aliphatic heterocycles. The highest BCUT2D eigenvalue weighted by molar-refractivity contribution is 6.33. The van der Waals surface area contributed by atoms with E-state index < -0.39 is 5.41 Å². The van der Waals surface area contributed by atoms with Gasteiger partial charge in [0.25, 0.3) is 0 Å². The molecule has 1 N–H and O–H groups in total. The smallest absolute Gasteiger partial charge is 0.231 e. The van der Waals surface area contributed by atoms with Gasteiger partial charge in [-0.25, -0.2) is 0 Å². The van der Waals surface area contributed by atoms with E-state index in [1.807, 2.05) is 19.1 Å². The van der Waals surface area contributed by atoms with Crippen molar-refractivity contribution in [1.82, 2.24) is 0 Å². The highest BCUT2D eigenvalue weighted by Crippen LogP contribution is 2.70. The number of fused-ring (bicyclic) bond motifs is 2. The van der Waals surface area contributed by atoms with E-state index in [1.54, 1.807) is 12.1 Å². The molecule has 4 heteroatoms. The third kappa shape index (κ3) is 1.67. The fraction of sp³-hybridized carbons (Fsp3) is 0.529. The zero-order valence-corrected chi connectivity index (χ0v) is 13.4. The number of carbonyl (C=O) groups excluding carboxylic acids is 2. The van der Waals surface area contributed by atoms with Crippen LogP contribution in [0.15, 0.2) is 24.3 Å². The van der Waals surface area contributed by atoms with Crippen molar-refractivity contribution in [2.24, 2.45) is 16.2 Å². The van der Waals surface area contributed by atoms with Gasteiger partial charge in [0, 0.05) is 11.8 Å². The number of rotatable bonds is 2. The summed E-state index contributed by atoms with van der Waals surface area (Å²) in [6.07, 6.45) is 1.89. The number of ketones is 1. The van der Waals surface area contributed by atoms with Crippen LogP contribution in [0.1, 0.15) is 40.0 Å². The fourth-order valence-electron chi connectivity index (χ4n) is 4.17. The van der Waals surface area contributed by atoms with E-state index in [9.17, 15) is 9.59 Å². The first kappa shape index (κ1) is 14.6. The predicted octanol–water partition coefficient (Wildman–Crippen LogP) is 4.06. The molecule has 0 spiro atoms. The van der Waals surface area contributed by atoms with Crippen molar-refractivity contribution < 1.29 is 9.59 Å². The zero-order chi connectivity index (χ0) is 15.5. The van der Waals surface area contributed by atoms with E-state index in [0.717, 1.165) is 12.8 Å². The molecule has 1 aromatic carbocycles. The minimum absolute atomic E-state index is 0.0739. The Bertz CT molecular complexity index is 639. The second-order valence-electron chi connectivity index (χ2n) is 7.07. The van der Waals surface area contributed by atoms with Gasteiger partial charge in [0.05, 0.1) is 16.1 Å². The first-order valence-corrected chi connectivity index (χ1v) is 7.72. The molecule has 0 radical (unpaired) electrons. The molecule has 21 heavy (non-hydrogen) atoms. The summed E-state index contributed by atoms with van der Waals surface area (Å²) >= 11 is 6.12. The molecule has 0 heterocycles. The van der Waals surface area contributed by atoms with Crippen LogP contribution in [0.5, 0.6) is 0 Å². The Labute approximate surface area is 130 Å². The summed E-state index contributed by atoms with van der Waals surface area (Å²) in [5, 5.41) is 3.46. The average molecular weight is 306 g/mol. The second kappa shape index (κ2) is 4.33. The first-order valence-electron chi connectivity index (χ1n) is 7.34. The third-order valence-corrected chi connectivity index (χ3v) is 6.59. The number of anilines is 1. The number of Topliss-reactive ketones (excluding diaryl/α,β-unsaturated/α-hetero) is 1. The highest BCUT2D eigenvalue weighted by atomic mass is 35.5. The fourth-order valence-corrected chi connectivity index (χ4v) is 4.35. The van der Waals surface area contributed by atoms with Crippen LogP contribution < -0.4 is 5.32 Å². The molecule has 2 aliphatic carbocycles. The number of amides is 1. The molecule has 0 aromatic heterocycles. The van der Waals surface area contributed by atoms with Crippen molar-refractivity contribution in [3.63, 3.8) is 0 Å². The SMILES string of the molecule is CC12CCC(C(=O)Nc3ccccc3Cl)(CC1=O)C2(C)C. The Hall–Kier alpha value is -1.35. The zero-order valence-electron chi connectivity index (χ0n) is 12.6. The van der Waals surface area contributed by atoms with E-state index >= 15 is 0 Å². The van der Waals surface area contributed by atoms with Crippen molar-refractivity contribution in [3.8, 4) is 0 Å². The lowest BCUT2D eigenvalue weighted by Gasteiger charge is -2.38. The van der Waals surface area contributed by atoms with E-state index in [4.69, 9.17) is 11.6 Å². The predicted molar refractivity (Wildman–Crippen MR) is 83.3 cm³/mol. The summed E-state index contributed by atoms with van der Waals surface area (Å²) in [6, 6.07) is 7.20. The Balaban J connectivity index is 1.96. The van der Waals surface area contributed by atoms with Crippen LogP contribution in [0.2, 0.25) is 5.02 Å². The Morgan fingerprint density at radius 2 is 1.86 bits per heavy atom. The molecule has 2 unspecified atom stereocenters. The molecule has 3 rings (SSSR count). The van der Waals surface area contributed by atoms with Gasteiger partial charge in [-0.2, -0.15) is 0 Å². The number of para-hydroxylation sites is 1. The summed E-state index contributed by atoms with van der Waals surface area (Å²) in [5.41, 5.74) is -0.715. The van der Waals surface area contributed by atoms with Crippen molar-refractivity contribution in [2.75, 3.05) is 5.32 Å². The Kier molecular flexibility index (Phi) is 3.00. The number of halogens is 1. The maximum absolute atomic E-state index is 12.9. The lowest BCUT2D eigenvalue weighted by Crippen LogP contribution is -2.43. The number of benzene rings is 1. The monoisotopic (exact) mass is 305 g/mol. The minimum Gasteiger partial charge on any atom is -0.324 e. The lowest BCUT2D eigenvalue weighted by molar-refractivity contribution is -0.131. The summed E-state index contributed by atoms with van der Waals surface area (Å²) < 4.78 is 0. The summed E-state index contributed by atoms with van der Waals surface area (Å²) in [6.45, 7) is 6.11. The maximum Gasteiger partial charge on any atom is 0.231 e. The number of carbonyl (C=O) groups is 2. The molecule has 2 fully saturated rings. The number of hydrogen-bond donors (Lipinski definition) is 1. The quantitative estimate of drug-likeness (QED) is 0.895. The van der Waals surface area contributed by atoms with Gasteiger partial charge < -0.3 is 5.32 Å². The van der Waals surface area contributed by atoms with Crippen LogP contribution in [0.4, 0.5) is 5.69 Å². The van der Waals surface area contributed by atoms with E-state index in [1.165, 1.54) is 0 Å². The van der Waals surface area contributed by atoms with Gasteiger partial charge in [0.15, 0.2) is 0 Å². The van der Waals surface area contributed by atoms with E-state index in [-0.39, 0.29) is 22.5 Å². The summed E-state index contributed by atoms with van der Waals surface area (Å²) in [7, 11) is 0. The van der Waals surface area contributed by atoms with Crippen LogP contribution in [-0.4, -0.2) is 11.7 Å². The average Bonchev–Trinajstić information content (AvgIpc) is 2.72. The molecule has 3 nitrogen and oxygen atoms in total. The second-order valence-corrected chi connectivity index (χ2v) is 7.48. The molecule has 2 atom stereocenters. The van der Waals surface area contributed by atoms with Crippen LogP contribution in [0.3, 0.4) is 0 Å².